The maximum absolute atomic E-state index is 9.11. The van der Waals surface area contributed by atoms with Crippen LogP contribution < -0.4 is 0 Å². The summed E-state index contributed by atoms with van der Waals surface area (Å²) < 4.78 is 0. The number of likely N-dealkylation sites (tertiary alicyclic amines) is 1. The maximum atomic E-state index is 9.11. The van der Waals surface area contributed by atoms with Gasteiger partial charge in [0.05, 0.1) is 0 Å². The Morgan fingerprint density at radius 2 is 1.82 bits per heavy atom. The van der Waals surface area contributed by atoms with Crippen LogP contribution in [-0.2, 0) is 0 Å². The molecule has 0 unspecified atom stereocenters. The lowest BCUT2D eigenvalue weighted by molar-refractivity contribution is 0.253. The van der Waals surface area contributed by atoms with Crippen molar-refractivity contribution in [2.45, 2.75) is 19.3 Å². The molecule has 1 aliphatic heterocycles. The van der Waals surface area contributed by atoms with Crippen molar-refractivity contribution in [3.63, 3.8) is 0 Å². The lowest BCUT2D eigenvalue weighted by Crippen LogP contribution is -2.34. The molecule has 0 spiro atoms. The summed E-state index contributed by atoms with van der Waals surface area (Å²) in [5, 5.41) is 13.2. The zero-order valence-corrected chi connectivity index (χ0v) is 10.5. The smallest absolute Gasteiger partial charge is 0.101 e. The molecule has 92 valence electrons. The van der Waals surface area contributed by atoms with Gasteiger partial charge in [0, 0.05) is 17.1 Å². The summed E-state index contributed by atoms with van der Waals surface area (Å²) in [6.45, 7) is 2.89. The molecule has 0 aromatic heterocycles. The summed E-state index contributed by atoms with van der Waals surface area (Å²) in [4.78, 5) is 2.33. The van der Waals surface area contributed by atoms with Crippen molar-refractivity contribution in [2.24, 2.45) is 5.16 Å². The number of nitrogens with zero attached hydrogens (tertiary/aromatic N) is 2. The van der Waals surface area contributed by atoms with Gasteiger partial charge in [0.25, 0.3) is 0 Å². The number of hydrogen-bond donors (Lipinski definition) is 1. The summed E-state index contributed by atoms with van der Waals surface area (Å²) in [6.07, 6.45) is 3.78. The number of hydrogen-bond acceptors (Lipinski definition) is 3. The van der Waals surface area contributed by atoms with Crippen molar-refractivity contribution < 1.29 is 5.21 Å². The van der Waals surface area contributed by atoms with Gasteiger partial charge in [-0.05, 0) is 38.1 Å². The monoisotopic (exact) mass is 252 g/mol. The molecule has 0 radical (unpaired) electrons. The predicted molar refractivity (Wildman–Crippen MR) is 70.1 cm³/mol. The SMILES string of the molecule is O/N=C(\CN1CCCCC1)c1ccc(Cl)cc1. The second kappa shape index (κ2) is 6.03. The second-order valence-electron chi connectivity index (χ2n) is 4.39. The highest BCUT2D eigenvalue weighted by Gasteiger charge is 2.14. The molecule has 1 N–H and O–H groups in total. The van der Waals surface area contributed by atoms with Gasteiger partial charge >= 0.3 is 0 Å². The number of benzene rings is 1. The van der Waals surface area contributed by atoms with Crippen molar-refractivity contribution in [3.8, 4) is 0 Å². The number of piperidine rings is 1. The van der Waals surface area contributed by atoms with E-state index in [1.807, 2.05) is 24.3 Å². The number of oxime groups is 1. The van der Waals surface area contributed by atoms with Crippen molar-refractivity contribution in [1.29, 1.82) is 0 Å². The van der Waals surface area contributed by atoms with Crippen LogP contribution in [0.25, 0.3) is 0 Å². The molecular weight excluding hydrogens is 236 g/mol. The van der Waals surface area contributed by atoms with Gasteiger partial charge < -0.3 is 5.21 Å². The van der Waals surface area contributed by atoms with E-state index in [-0.39, 0.29) is 0 Å². The highest BCUT2D eigenvalue weighted by molar-refractivity contribution is 6.30. The zero-order valence-electron chi connectivity index (χ0n) is 9.77. The highest BCUT2D eigenvalue weighted by atomic mass is 35.5. The zero-order chi connectivity index (χ0) is 12.1. The van der Waals surface area contributed by atoms with Gasteiger partial charge in [-0.1, -0.05) is 35.3 Å². The van der Waals surface area contributed by atoms with Crippen molar-refractivity contribution in [3.05, 3.63) is 34.9 Å². The standard InChI is InChI=1S/C13H17ClN2O/c14-12-6-4-11(5-7-12)13(15-17)10-16-8-2-1-3-9-16/h4-7,17H,1-3,8-10H2/b15-13+. The highest BCUT2D eigenvalue weighted by Crippen LogP contribution is 2.13. The summed E-state index contributed by atoms with van der Waals surface area (Å²) in [5.74, 6) is 0. The van der Waals surface area contributed by atoms with Gasteiger partial charge in [-0.15, -0.1) is 0 Å². The summed E-state index contributed by atoms with van der Waals surface area (Å²) >= 11 is 5.84. The summed E-state index contributed by atoms with van der Waals surface area (Å²) in [7, 11) is 0. The summed E-state index contributed by atoms with van der Waals surface area (Å²) in [5.41, 5.74) is 1.64. The Bertz CT molecular complexity index is 383. The normalized spacial score (nSPS) is 18.3. The molecule has 0 saturated carbocycles. The lowest BCUT2D eigenvalue weighted by atomic mass is 10.1. The Labute approximate surface area is 107 Å². The van der Waals surface area contributed by atoms with Crippen LogP contribution >= 0.6 is 11.6 Å². The quantitative estimate of drug-likeness (QED) is 0.510. The predicted octanol–water partition coefficient (Wildman–Crippen LogP) is 3.00. The number of halogens is 1. The Balaban J connectivity index is 2.03. The molecule has 3 nitrogen and oxygen atoms in total. The van der Waals surface area contributed by atoms with Gasteiger partial charge in [-0.25, -0.2) is 0 Å². The lowest BCUT2D eigenvalue weighted by Gasteiger charge is -2.26. The van der Waals surface area contributed by atoms with E-state index in [0.29, 0.717) is 17.3 Å². The molecule has 2 rings (SSSR count). The molecule has 17 heavy (non-hydrogen) atoms. The van der Waals surface area contributed by atoms with E-state index in [2.05, 4.69) is 10.1 Å². The van der Waals surface area contributed by atoms with E-state index in [1.54, 1.807) is 0 Å². The third-order valence-corrected chi connectivity index (χ3v) is 3.37. The van der Waals surface area contributed by atoms with E-state index >= 15 is 0 Å². The third-order valence-electron chi connectivity index (χ3n) is 3.12. The van der Waals surface area contributed by atoms with Gasteiger partial charge in [0.1, 0.15) is 5.71 Å². The molecule has 0 atom stereocenters. The Kier molecular flexibility index (Phi) is 4.40. The molecule has 1 saturated heterocycles. The first-order valence-electron chi connectivity index (χ1n) is 5.99. The van der Waals surface area contributed by atoms with Crippen LogP contribution in [0.2, 0.25) is 5.02 Å². The van der Waals surface area contributed by atoms with Crippen molar-refractivity contribution in [2.75, 3.05) is 19.6 Å². The molecule has 4 heteroatoms. The van der Waals surface area contributed by atoms with E-state index in [9.17, 15) is 0 Å². The van der Waals surface area contributed by atoms with Crippen LogP contribution in [0.3, 0.4) is 0 Å². The third kappa shape index (κ3) is 3.45. The van der Waals surface area contributed by atoms with Gasteiger partial charge in [0.15, 0.2) is 0 Å². The molecule has 1 aromatic rings. The minimum absolute atomic E-state index is 0.698. The first-order chi connectivity index (χ1) is 8.29. The second-order valence-corrected chi connectivity index (χ2v) is 4.83. The first kappa shape index (κ1) is 12.4. The molecule has 1 aromatic carbocycles. The van der Waals surface area contributed by atoms with Crippen LogP contribution in [0.1, 0.15) is 24.8 Å². The Hall–Kier alpha value is -1.06. The fourth-order valence-electron chi connectivity index (χ4n) is 2.15. The van der Waals surface area contributed by atoms with Crippen LogP contribution in [0.4, 0.5) is 0 Å². The fourth-order valence-corrected chi connectivity index (χ4v) is 2.28. The van der Waals surface area contributed by atoms with Crippen molar-refractivity contribution in [1.82, 2.24) is 4.90 Å². The molecule has 0 aliphatic carbocycles. The van der Waals surface area contributed by atoms with Gasteiger partial charge in [-0.3, -0.25) is 4.90 Å². The van der Waals surface area contributed by atoms with Crippen LogP contribution in [0.15, 0.2) is 29.4 Å². The molecule has 0 bridgehead atoms. The average Bonchev–Trinajstić information content (AvgIpc) is 2.38. The molecular formula is C13H17ClN2O. The number of rotatable bonds is 3. The largest absolute Gasteiger partial charge is 0.411 e. The van der Waals surface area contributed by atoms with Crippen molar-refractivity contribution >= 4 is 17.3 Å². The minimum Gasteiger partial charge on any atom is -0.411 e. The van der Waals surface area contributed by atoms with E-state index < -0.39 is 0 Å². The molecule has 0 amide bonds. The van der Waals surface area contributed by atoms with Crippen LogP contribution in [-0.4, -0.2) is 35.5 Å². The molecule has 1 fully saturated rings. The Morgan fingerprint density at radius 3 is 2.41 bits per heavy atom. The van der Waals surface area contributed by atoms with Gasteiger partial charge in [-0.2, -0.15) is 0 Å². The molecule has 1 heterocycles. The molecule has 1 aliphatic rings. The van der Waals surface area contributed by atoms with E-state index in [0.717, 1.165) is 18.7 Å². The van der Waals surface area contributed by atoms with E-state index in [1.165, 1.54) is 19.3 Å². The topological polar surface area (TPSA) is 35.8 Å². The first-order valence-corrected chi connectivity index (χ1v) is 6.36. The summed E-state index contributed by atoms with van der Waals surface area (Å²) in [6, 6.07) is 7.42. The Morgan fingerprint density at radius 1 is 1.18 bits per heavy atom. The van der Waals surface area contributed by atoms with Crippen LogP contribution in [0.5, 0.6) is 0 Å². The fraction of sp³-hybridized carbons (Fsp3) is 0.462. The van der Waals surface area contributed by atoms with Gasteiger partial charge in [0.2, 0.25) is 0 Å². The van der Waals surface area contributed by atoms with Crippen LogP contribution in [0, 0.1) is 0 Å². The average molecular weight is 253 g/mol. The van der Waals surface area contributed by atoms with E-state index in [4.69, 9.17) is 16.8 Å². The minimum atomic E-state index is 0.698. The maximum Gasteiger partial charge on any atom is 0.101 e.